The number of rotatable bonds is 5. The van der Waals surface area contributed by atoms with E-state index in [4.69, 9.17) is 14.0 Å². The number of carbonyl (C=O) groups is 2. The van der Waals surface area contributed by atoms with Crippen LogP contribution in [0.2, 0.25) is 0 Å². The maximum Gasteiger partial charge on any atom is 0.430 e. The van der Waals surface area contributed by atoms with Crippen LogP contribution in [0.15, 0.2) is 36.9 Å². The van der Waals surface area contributed by atoms with Gasteiger partial charge in [0.15, 0.2) is 0 Å². The number of carboxylic acids is 1. The quantitative estimate of drug-likeness (QED) is 0.597. The van der Waals surface area contributed by atoms with E-state index in [0.29, 0.717) is 0 Å². The second-order valence-corrected chi connectivity index (χ2v) is 3.54. The molecule has 1 aromatic rings. The van der Waals surface area contributed by atoms with Crippen molar-refractivity contribution < 1.29 is 23.5 Å². The molecule has 0 heterocycles. The molecule has 0 aliphatic rings. The van der Waals surface area contributed by atoms with Gasteiger partial charge >= 0.3 is 21.9 Å². The minimum Gasteiger partial charge on any atom is -0.515 e. The zero-order chi connectivity index (χ0) is 12.0. The Labute approximate surface area is 94.4 Å². The minimum atomic E-state index is -1.58. The maximum atomic E-state index is 10.8. The van der Waals surface area contributed by atoms with Gasteiger partial charge in [-0.15, -0.1) is 0 Å². The van der Waals surface area contributed by atoms with Crippen LogP contribution in [0.3, 0.4) is 0 Å². The first-order chi connectivity index (χ1) is 7.65. The molecule has 0 fully saturated rings. The summed E-state index contributed by atoms with van der Waals surface area (Å²) in [7, 11) is -1.58. The fourth-order valence-corrected chi connectivity index (χ4v) is 1.65. The molecule has 0 aromatic heterocycles. The van der Waals surface area contributed by atoms with Gasteiger partial charge in [-0.2, -0.15) is 0 Å². The molecule has 0 radical (unpaired) electrons. The van der Waals surface area contributed by atoms with Crippen LogP contribution in [0.5, 0.6) is 5.75 Å². The Bertz CT molecular complexity index is 415. The van der Waals surface area contributed by atoms with Crippen molar-refractivity contribution in [3.05, 3.63) is 42.5 Å². The highest BCUT2D eigenvalue weighted by Crippen LogP contribution is 2.17. The van der Waals surface area contributed by atoms with E-state index in [0.717, 1.165) is 6.08 Å². The molecule has 16 heavy (non-hydrogen) atoms. The standard InChI is InChI=1S/C10H10O5Si/c1-2-9(11)15-16-14-8-6-4-3-5-7(8)10(12)13/h2-6H,1,16H2,(H,12,13). The summed E-state index contributed by atoms with van der Waals surface area (Å²) >= 11 is 0. The van der Waals surface area contributed by atoms with E-state index in [2.05, 4.69) is 6.58 Å². The molecule has 0 unspecified atom stereocenters. The van der Waals surface area contributed by atoms with Crippen molar-refractivity contribution in [3.63, 3.8) is 0 Å². The first-order valence-corrected chi connectivity index (χ1v) is 5.55. The van der Waals surface area contributed by atoms with Crippen LogP contribution in [0, 0.1) is 0 Å². The first-order valence-electron chi connectivity index (χ1n) is 4.39. The zero-order valence-electron chi connectivity index (χ0n) is 8.38. The van der Waals surface area contributed by atoms with Crippen LogP contribution < -0.4 is 4.43 Å². The largest absolute Gasteiger partial charge is 0.515 e. The van der Waals surface area contributed by atoms with E-state index >= 15 is 0 Å². The van der Waals surface area contributed by atoms with E-state index in [1.54, 1.807) is 12.1 Å². The molecular formula is C10H10O5Si. The third kappa shape index (κ3) is 3.25. The van der Waals surface area contributed by atoms with Crippen molar-refractivity contribution in [2.24, 2.45) is 0 Å². The van der Waals surface area contributed by atoms with Crippen molar-refractivity contribution in [1.29, 1.82) is 0 Å². The molecule has 6 heteroatoms. The number of hydrogen-bond donors (Lipinski definition) is 1. The normalized spacial score (nSPS) is 10.0. The van der Waals surface area contributed by atoms with Crippen LogP contribution in [0.25, 0.3) is 0 Å². The molecule has 1 aromatic carbocycles. The Hall–Kier alpha value is -2.08. The zero-order valence-corrected chi connectivity index (χ0v) is 9.80. The molecule has 84 valence electrons. The molecule has 0 saturated carbocycles. The van der Waals surface area contributed by atoms with Gasteiger partial charge in [0.25, 0.3) is 0 Å². The lowest BCUT2D eigenvalue weighted by Gasteiger charge is -2.08. The summed E-state index contributed by atoms with van der Waals surface area (Å²) in [6.07, 6.45) is 1.03. The van der Waals surface area contributed by atoms with Crippen molar-refractivity contribution in [1.82, 2.24) is 0 Å². The van der Waals surface area contributed by atoms with Crippen LogP contribution >= 0.6 is 0 Å². The van der Waals surface area contributed by atoms with E-state index in [1.165, 1.54) is 12.1 Å². The van der Waals surface area contributed by atoms with Crippen molar-refractivity contribution in [2.75, 3.05) is 0 Å². The number of aromatic carboxylic acids is 1. The Balaban J connectivity index is 2.63. The molecule has 0 atom stereocenters. The van der Waals surface area contributed by atoms with Gasteiger partial charge in [-0.25, -0.2) is 9.59 Å². The fourth-order valence-electron chi connectivity index (χ4n) is 0.979. The lowest BCUT2D eigenvalue weighted by molar-refractivity contribution is -0.129. The summed E-state index contributed by atoms with van der Waals surface area (Å²) in [5, 5.41) is 8.83. The molecule has 0 bridgehead atoms. The molecule has 1 N–H and O–H groups in total. The van der Waals surface area contributed by atoms with Crippen LogP contribution in [0.1, 0.15) is 10.4 Å². The van der Waals surface area contributed by atoms with Gasteiger partial charge in [0, 0.05) is 6.08 Å². The van der Waals surface area contributed by atoms with Crippen molar-refractivity contribution in [3.8, 4) is 5.75 Å². The predicted octanol–water partition coefficient (Wildman–Crippen LogP) is 0.492. The number of carbonyl (C=O) groups excluding carboxylic acids is 1. The molecule has 0 aliphatic heterocycles. The third-order valence-electron chi connectivity index (χ3n) is 1.70. The molecule has 0 amide bonds. The van der Waals surface area contributed by atoms with Gasteiger partial charge in [-0.3, -0.25) is 0 Å². The summed E-state index contributed by atoms with van der Waals surface area (Å²) in [6, 6.07) is 6.17. The number of para-hydroxylation sites is 1. The van der Waals surface area contributed by atoms with Crippen molar-refractivity contribution in [2.45, 2.75) is 0 Å². The van der Waals surface area contributed by atoms with Gasteiger partial charge in [-0.05, 0) is 12.1 Å². The second kappa shape index (κ2) is 5.71. The fraction of sp³-hybridized carbons (Fsp3) is 0. The molecular weight excluding hydrogens is 228 g/mol. The van der Waals surface area contributed by atoms with E-state index in [1.807, 2.05) is 0 Å². The minimum absolute atomic E-state index is 0.0460. The summed E-state index contributed by atoms with van der Waals surface area (Å²) < 4.78 is 9.83. The summed E-state index contributed by atoms with van der Waals surface area (Å²) in [5.74, 6) is -1.45. The van der Waals surface area contributed by atoms with Gasteiger partial charge in [0.1, 0.15) is 11.3 Å². The molecule has 0 spiro atoms. The second-order valence-electron chi connectivity index (χ2n) is 2.73. The number of benzene rings is 1. The average Bonchev–Trinajstić information content (AvgIpc) is 2.29. The van der Waals surface area contributed by atoms with Crippen LogP contribution in [-0.2, 0) is 9.22 Å². The average molecular weight is 238 g/mol. The Morgan fingerprint density at radius 1 is 1.38 bits per heavy atom. The highest BCUT2D eigenvalue weighted by atomic mass is 28.3. The maximum absolute atomic E-state index is 10.8. The monoisotopic (exact) mass is 238 g/mol. The van der Waals surface area contributed by atoms with E-state index in [-0.39, 0.29) is 11.3 Å². The van der Waals surface area contributed by atoms with E-state index in [9.17, 15) is 9.59 Å². The van der Waals surface area contributed by atoms with E-state index < -0.39 is 21.9 Å². The van der Waals surface area contributed by atoms with Gasteiger partial charge in [0.2, 0.25) is 0 Å². The lowest BCUT2D eigenvalue weighted by Crippen LogP contribution is -2.13. The summed E-state index contributed by atoms with van der Waals surface area (Å²) in [5.41, 5.74) is 0.0460. The van der Waals surface area contributed by atoms with Crippen LogP contribution in [0.4, 0.5) is 0 Å². The summed E-state index contributed by atoms with van der Waals surface area (Å²) in [6.45, 7) is 3.23. The van der Waals surface area contributed by atoms with Gasteiger partial charge in [0.05, 0.1) is 0 Å². The Morgan fingerprint density at radius 3 is 2.69 bits per heavy atom. The number of carboxylic acid groups (broad SMARTS) is 1. The van der Waals surface area contributed by atoms with Gasteiger partial charge in [-0.1, -0.05) is 18.7 Å². The smallest absolute Gasteiger partial charge is 0.430 e. The SMILES string of the molecule is C=CC(=O)O[SiH2]Oc1ccccc1C(=O)O. The lowest BCUT2D eigenvalue weighted by atomic mass is 10.2. The first kappa shape index (κ1) is 12.0. The summed E-state index contributed by atoms with van der Waals surface area (Å²) in [4.78, 5) is 21.5. The number of hydrogen-bond acceptors (Lipinski definition) is 4. The highest BCUT2D eigenvalue weighted by molar-refractivity contribution is 6.24. The molecule has 1 rings (SSSR count). The van der Waals surface area contributed by atoms with Crippen LogP contribution in [-0.4, -0.2) is 27.1 Å². The third-order valence-corrected chi connectivity index (χ3v) is 2.53. The Kier molecular flexibility index (Phi) is 4.28. The van der Waals surface area contributed by atoms with Crippen molar-refractivity contribution >= 4 is 21.9 Å². The predicted molar refractivity (Wildman–Crippen MR) is 58.9 cm³/mol. The molecule has 0 saturated heterocycles. The molecule has 5 nitrogen and oxygen atoms in total. The highest BCUT2D eigenvalue weighted by Gasteiger charge is 2.10. The molecule has 0 aliphatic carbocycles. The Morgan fingerprint density at radius 2 is 2.06 bits per heavy atom. The topological polar surface area (TPSA) is 72.8 Å². The van der Waals surface area contributed by atoms with Gasteiger partial charge < -0.3 is 14.0 Å².